The molecule has 5 nitrogen and oxygen atoms in total. The number of nitrogens with zero attached hydrogens (tertiary/aromatic N) is 1. The third-order valence-electron chi connectivity index (χ3n) is 4.51. The summed E-state index contributed by atoms with van der Waals surface area (Å²) in [7, 11) is 0. The van der Waals surface area contributed by atoms with Crippen molar-refractivity contribution in [1.82, 2.24) is 4.98 Å². The molecule has 0 radical (unpaired) electrons. The van der Waals surface area contributed by atoms with E-state index in [4.69, 9.17) is 4.74 Å². The maximum atomic E-state index is 12.2. The van der Waals surface area contributed by atoms with Crippen molar-refractivity contribution >= 4 is 28.5 Å². The standard InChI is InChI=1S/C22H22N2O3/c1-14-8-10-17(11-9-14)24-21(25)13-27-22(26)12-19-15(2)18-6-4-5-7-20(18)23-16(19)3/h4-11H,12-13H2,1-3H3,(H,24,25). The van der Waals surface area contributed by atoms with Crippen LogP contribution in [0.4, 0.5) is 5.69 Å². The Morgan fingerprint density at radius 1 is 1.00 bits per heavy atom. The highest BCUT2D eigenvalue weighted by Gasteiger charge is 2.15. The first-order chi connectivity index (χ1) is 12.9. The summed E-state index contributed by atoms with van der Waals surface area (Å²) in [5.41, 5.74) is 5.34. The summed E-state index contributed by atoms with van der Waals surface area (Å²) in [4.78, 5) is 28.7. The molecule has 2 aromatic carbocycles. The number of carbonyl (C=O) groups is 2. The van der Waals surface area contributed by atoms with Gasteiger partial charge in [0, 0.05) is 16.8 Å². The smallest absolute Gasteiger partial charge is 0.310 e. The zero-order valence-electron chi connectivity index (χ0n) is 15.7. The van der Waals surface area contributed by atoms with E-state index in [1.54, 1.807) is 0 Å². The summed E-state index contributed by atoms with van der Waals surface area (Å²) in [5, 5.41) is 3.72. The molecule has 27 heavy (non-hydrogen) atoms. The fourth-order valence-electron chi connectivity index (χ4n) is 3.01. The number of anilines is 1. The molecule has 0 spiro atoms. The number of benzene rings is 2. The number of aryl methyl sites for hydroxylation is 3. The van der Waals surface area contributed by atoms with Crippen molar-refractivity contribution in [3.05, 3.63) is 70.9 Å². The van der Waals surface area contributed by atoms with Crippen LogP contribution in [-0.4, -0.2) is 23.5 Å². The molecule has 3 aromatic rings. The van der Waals surface area contributed by atoms with Crippen molar-refractivity contribution in [3.8, 4) is 0 Å². The number of hydrogen-bond donors (Lipinski definition) is 1. The number of hydrogen-bond acceptors (Lipinski definition) is 4. The Hall–Kier alpha value is -3.21. The first-order valence-electron chi connectivity index (χ1n) is 8.81. The monoisotopic (exact) mass is 362 g/mol. The molecule has 0 saturated carbocycles. The number of rotatable bonds is 5. The van der Waals surface area contributed by atoms with Gasteiger partial charge in [0.1, 0.15) is 0 Å². The van der Waals surface area contributed by atoms with Gasteiger partial charge in [-0.3, -0.25) is 14.6 Å². The van der Waals surface area contributed by atoms with E-state index >= 15 is 0 Å². The summed E-state index contributed by atoms with van der Waals surface area (Å²) < 4.78 is 5.15. The number of ether oxygens (including phenoxy) is 1. The lowest BCUT2D eigenvalue weighted by Gasteiger charge is -2.12. The van der Waals surface area contributed by atoms with Gasteiger partial charge in [0.2, 0.25) is 0 Å². The predicted octanol–water partition coefficient (Wildman–Crippen LogP) is 3.88. The lowest BCUT2D eigenvalue weighted by Crippen LogP contribution is -2.22. The van der Waals surface area contributed by atoms with E-state index in [-0.39, 0.29) is 18.9 Å². The zero-order valence-corrected chi connectivity index (χ0v) is 15.7. The van der Waals surface area contributed by atoms with Gasteiger partial charge in [0.15, 0.2) is 6.61 Å². The maximum Gasteiger partial charge on any atom is 0.310 e. The van der Waals surface area contributed by atoms with Crippen LogP contribution in [0, 0.1) is 20.8 Å². The van der Waals surface area contributed by atoms with E-state index < -0.39 is 5.97 Å². The minimum atomic E-state index is -0.447. The molecule has 1 heterocycles. The van der Waals surface area contributed by atoms with Crippen LogP contribution in [0.15, 0.2) is 48.5 Å². The Labute approximate surface area is 158 Å². The third kappa shape index (κ3) is 4.50. The van der Waals surface area contributed by atoms with Crippen LogP contribution < -0.4 is 5.32 Å². The molecule has 1 aromatic heterocycles. The van der Waals surface area contributed by atoms with Crippen molar-refractivity contribution in [1.29, 1.82) is 0 Å². The fraction of sp³-hybridized carbons (Fsp3) is 0.227. The van der Waals surface area contributed by atoms with Crippen LogP contribution in [0.1, 0.15) is 22.4 Å². The number of carbonyl (C=O) groups excluding carboxylic acids is 2. The highest BCUT2D eigenvalue weighted by Crippen LogP contribution is 2.23. The Morgan fingerprint density at radius 3 is 2.44 bits per heavy atom. The van der Waals surface area contributed by atoms with Gasteiger partial charge in [-0.2, -0.15) is 0 Å². The molecule has 1 N–H and O–H groups in total. The van der Waals surface area contributed by atoms with Crippen LogP contribution in [-0.2, 0) is 20.7 Å². The molecule has 0 bridgehead atoms. The minimum absolute atomic E-state index is 0.0906. The second kappa shape index (κ2) is 7.99. The molecule has 0 aliphatic carbocycles. The Kier molecular flexibility index (Phi) is 5.50. The molecule has 0 fully saturated rings. The first-order valence-corrected chi connectivity index (χ1v) is 8.81. The van der Waals surface area contributed by atoms with E-state index in [0.717, 1.165) is 33.3 Å². The van der Waals surface area contributed by atoms with E-state index in [1.165, 1.54) is 0 Å². The lowest BCUT2D eigenvalue weighted by molar-refractivity contribution is -0.146. The topological polar surface area (TPSA) is 68.3 Å². The molecule has 0 unspecified atom stereocenters. The van der Waals surface area contributed by atoms with E-state index in [2.05, 4.69) is 10.3 Å². The molecule has 1 amide bonds. The van der Waals surface area contributed by atoms with Crippen LogP contribution in [0.25, 0.3) is 10.9 Å². The van der Waals surface area contributed by atoms with Crippen molar-refractivity contribution in [3.63, 3.8) is 0 Å². The molecule has 0 aliphatic heterocycles. The van der Waals surface area contributed by atoms with Crippen molar-refractivity contribution in [2.24, 2.45) is 0 Å². The van der Waals surface area contributed by atoms with Crippen LogP contribution in [0.5, 0.6) is 0 Å². The quantitative estimate of drug-likeness (QED) is 0.699. The van der Waals surface area contributed by atoms with E-state index in [0.29, 0.717) is 5.69 Å². The third-order valence-corrected chi connectivity index (χ3v) is 4.51. The Balaban J connectivity index is 1.61. The Bertz CT molecular complexity index is 994. The average molecular weight is 362 g/mol. The van der Waals surface area contributed by atoms with Crippen LogP contribution in [0.2, 0.25) is 0 Å². The van der Waals surface area contributed by atoms with Gasteiger partial charge in [-0.1, -0.05) is 35.9 Å². The summed E-state index contributed by atoms with van der Waals surface area (Å²) in [5.74, 6) is -0.811. The number of amides is 1. The predicted molar refractivity (Wildman–Crippen MR) is 106 cm³/mol. The zero-order chi connectivity index (χ0) is 19.4. The van der Waals surface area contributed by atoms with E-state index in [1.807, 2.05) is 69.3 Å². The van der Waals surface area contributed by atoms with Crippen molar-refractivity contribution < 1.29 is 14.3 Å². The number of nitrogens with one attached hydrogen (secondary N) is 1. The SMILES string of the molecule is Cc1ccc(NC(=O)COC(=O)Cc2c(C)nc3ccccc3c2C)cc1. The largest absolute Gasteiger partial charge is 0.455 e. The fourth-order valence-corrected chi connectivity index (χ4v) is 3.01. The normalized spacial score (nSPS) is 10.6. The summed E-state index contributed by atoms with van der Waals surface area (Å²) in [6, 6.07) is 15.2. The van der Waals surface area contributed by atoms with Crippen LogP contribution >= 0.6 is 0 Å². The number of esters is 1. The van der Waals surface area contributed by atoms with Gasteiger partial charge in [0.25, 0.3) is 5.91 Å². The molecule has 0 saturated heterocycles. The molecule has 0 aliphatic rings. The highest BCUT2D eigenvalue weighted by molar-refractivity contribution is 5.93. The minimum Gasteiger partial charge on any atom is -0.455 e. The van der Waals surface area contributed by atoms with Gasteiger partial charge >= 0.3 is 5.97 Å². The second-order valence-electron chi connectivity index (χ2n) is 6.57. The Morgan fingerprint density at radius 2 is 1.70 bits per heavy atom. The van der Waals surface area contributed by atoms with Crippen molar-refractivity contribution in [2.75, 3.05) is 11.9 Å². The van der Waals surface area contributed by atoms with Crippen molar-refractivity contribution in [2.45, 2.75) is 27.2 Å². The van der Waals surface area contributed by atoms with Gasteiger partial charge in [0.05, 0.1) is 11.9 Å². The molecule has 0 atom stereocenters. The van der Waals surface area contributed by atoms with Gasteiger partial charge < -0.3 is 10.1 Å². The highest BCUT2D eigenvalue weighted by atomic mass is 16.5. The first kappa shape index (κ1) is 18.6. The van der Waals surface area contributed by atoms with Gasteiger partial charge in [-0.05, 0) is 50.1 Å². The summed E-state index contributed by atoms with van der Waals surface area (Å²) in [6.45, 7) is 5.51. The molecule has 3 rings (SSSR count). The number of para-hydroxylation sites is 1. The average Bonchev–Trinajstić information content (AvgIpc) is 2.65. The summed E-state index contributed by atoms with van der Waals surface area (Å²) in [6.07, 6.45) is 0.0906. The second-order valence-corrected chi connectivity index (χ2v) is 6.57. The molecular weight excluding hydrogens is 340 g/mol. The van der Waals surface area contributed by atoms with Crippen LogP contribution in [0.3, 0.4) is 0 Å². The molecule has 138 valence electrons. The maximum absolute atomic E-state index is 12.2. The number of fused-ring (bicyclic) bond motifs is 1. The number of aromatic nitrogens is 1. The number of pyridine rings is 1. The molecular formula is C22H22N2O3. The molecule has 5 heteroatoms. The van der Waals surface area contributed by atoms with Gasteiger partial charge in [-0.25, -0.2) is 0 Å². The lowest BCUT2D eigenvalue weighted by atomic mass is 10.00. The van der Waals surface area contributed by atoms with E-state index in [9.17, 15) is 9.59 Å². The summed E-state index contributed by atoms with van der Waals surface area (Å²) >= 11 is 0. The van der Waals surface area contributed by atoms with Gasteiger partial charge in [-0.15, -0.1) is 0 Å².